The Morgan fingerprint density at radius 2 is 0.549 bits per heavy atom. The van der Waals surface area contributed by atoms with E-state index in [1.807, 2.05) is 0 Å². The molecule has 0 saturated carbocycles. The number of hydrogen-bond acceptors (Lipinski definition) is 6. The second kappa shape index (κ2) is 4.58. The summed E-state index contributed by atoms with van der Waals surface area (Å²) < 4.78 is 32.4. The van der Waals surface area contributed by atoms with Crippen molar-refractivity contribution in [3.63, 3.8) is 0 Å². The second-order valence-electron chi connectivity index (χ2n) is 18.1. The number of benzene rings is 5. The molecule has 0 aromatic heterocycles. The first-order valence-electron chi connectivity index (χ1n) is 18.0. The summed E-state index contributed by atoms with van der Waals surface area (Å²) in [6.45, 7) is -5.50. The van der Waals surface area contributed by atoms with E-state index >= 15 is 0 Å². The number of methoxy groups -OCH3 is 5. The molecule has 51 heavy (non-hydrogen) atoms. The molecule has 10 saturated heterocycles. The molecule has 15 rings (SSSR count). The van der Waals surface area contributed by atoms with E-state index in [-0.39, 0.29) is 21.6 Å². The Morgan fingerprint density at radius 3 is 0.667 bits per heavy atom. The van der Waals surface area contributed by atoms with E-state index in [0.29, 0.717) is 9.88 Å². The van der Waals surface area contributed by atoms with Crippen LogP contribution in [0.1, 0.15) is 27.8 Å². The molecule has 4 unspecified atom stereocenters. The molecule has 0 aliphatic carbocycles. The third-order valence-corrected chi connectivity index (χ3v) is 63.3. The minimum absolute atomic E-state index is 0.00830. The standard InChI is InChI=1S/C40H35O5.C4H4N.Fe/c1-41-31-16-6-26(7-17-31)36-37(27-8-18-32(42-2)19-9-27)39(29-12-22-34(44-4)23-13-29)40(30-14-24-35(45-5)25-15-30)38(36)28-10-20-33(43-3)21-11-28;1-2-4-5-3-1;/h6-25H,1-5H3;1-4H;/q;-1;+1. The molecule has 6 nitrogen and oxygen atoms in total. The van der Waals surface area contributed by atoms with Crippen molar-refractivity contribution in [2.75, 3.05) is 35.5 Å². The summed E-state index contributed by atoms with van der Waals surface area (Å²) in [5.74, 6) is 4.57. The van der Waals surface area contributed by atoms with Gasteiger partial charge >= 0.3 is 289 Å². The van der Waals surface area contributed by atoms with Gasteiger partial charge in [-0.15, -0.1) is 0 Å². The predicted octanol–water partition coefficient (Wildman–Crippen LogP) is 7.46. The van der Waals surface area contributed by atoms with Gasteiger partial charge in [-0.2, -0.15) is 0 Å². The third-order valence-electron chi connectivity index (χ3n) is 21.9. The summed E-state index contributed by atoms with van der Waals surface area (Å²) in [7, 11) is 8.89. The van der Waals surface area contributed by atoms with Gasteiger partial charge in [0.25, 0.3) is 0 Å². The van der Waals surface area contributed by atoms with Gasteiger partial charge < -0.3 is 0 Å². The number of nitrogens with zero attached hydrogens (tertiary/aromatic N) is 1. The molecule has 1 spiro atoms. The third kappa shape index (κ3) is 0.685. The monoisotopic (exact) mass is 717 g/mol. The Kier molecular flexibility index (Phi) is 2.37. The summed E-state index contributed by atoms with van der Waals surface area (Å²) >= 11 is 0. The first-order valence-corrected chi connectivity index (χ1v) is 23.8. The number of hydrogen-bond donors (Lipinski definition) is 0. The van der Waals surface area contributed by atoms with Gasteiger partial charge in [-0.3, -0.25) is 0 Å². The average molecular weight is 718 g/mol. The molecule has 258 valence electrons. The van der Waals surface area contributed by atoms with Crippen molar-refractivity contribution in [2.24, 2.45) is 0 Å². The number of ether oxygens (including phenoxy) is 5. The van der Waals surface area contributed by atoms with Crippen LogP contribution in [0.5, 0.6) is 28.7 Å². The molecule has 4 atom stereocenters. The van der Waals surface area contributed by atoms with Crippen LogP contribution in [0.25, 0.3) is 0 Å². The van der Waals surface area contributed by atoms with Crippen LogP contribution in [0, 0.1) is 0 Å². The Bertz CT molecular complexity index is 2420. The molecule has 10 fully saturated rings. The molecule has 0 N–H and O–H groups in total. The van der Waals surface area contributed by atoms with Crippen LogP contribution in [0.4, 0.5) is 0 Å². The van der Waals surface area contributed by atoms with Crippen LogP contribution < -0.4 is 23.7 Å². The van der Waals surface area contributed by atoms with Crippen molar-refractivity contribution in [2.45, 2.75) is 41.1 Å². The molecule has 10 heterocycles. The van der Waals surface area contributed by atoms with Crippen molar-refractivity contribution in [3.8, 4) is 28.7 Å². The summed E-state index contributed by atoms with van der Waals surface area (Å²) in [5.41, 5.74) is 7.67. The summed E-state index contributed by atoms with van der Waals surface area (Å²) in [6, 6.07) is 47.1. The van der Waals surface area contributed by atoms with Crippen molar-refractivity contribution < 1.29 is 30.4 Å². The van der Waals surface area contributed by atoms with Crippen LogP contribution in [0.2, 0.25) is 9.63 Å². The molecule has 7 heteroatoms. The van der Waals surface area contributed by atoms with E-state index < -0.39 is 6.73 Å². The SMILES string of the molecule is COc1ccc([C]23[C]4(c5ccc(OC)cc5)[C]5(c6ccc(OC)cc6)[C]6(c7ccc(OC)cc7)[C]2(c2ccc(OC)cc2)[Fe]34562789[CH]3[CH]2[CH]7[N]8[CH]39)cc1. The van der Waals surface area contributed by atoms with Crippen LogP contribution in [-0.2, 0) is 28.3 Å². The zero-order valence-electron chi connectivity index (χ0n) is 29.2. The fourth-order valence-electron chi connectivity index (χ4n) is 24.5. The Balaban J connectivity index is 1.19. The van der Waals surface area contributed by atoms with Gasteiger partial charge in [0, 0.05) is 0 Å². The van der Waals surface area contributed by atoms with Gasteiger partial charge in [-0.1, -0.05) is 0 Å². The Labute approximate surface area is 287 Å². The van der Waals surface area contributed by atoms with E-state index in [0.717, 1.165) is 38.4 Å². The van der Waals surface area contributed by atoms with Crippen LogP contribution >= 0.6 is 0 Å². The second-order valence-corrected chi connectivity index (χ2v) is 39.3. The van der Waals surface area contributed by atoms with E-state index in [2.05, 4.69) is 125 Å². The van der Waals surface area contributed by atoms with Gasteiger partial charge in [-0.25, -0.2) is 0 Å². The van der Waals surface area contributed by atoms with E-state index in [1.165, 1.54) is 27.8 Å². The summed E-state index contributed by atoms with van der Waals surface area (Å²) in [5, 5.41) is 0. The van der Waals surface area contributed by atoms with Gasteiger partial charge in [-0.05, 0) is 0 Å². The average Bonchev–Trinajstić information content (AvgIpc) is 4.16. The maximum absolute atomic E-state index is 5.81. The molecule has 5 aromatic carbocycles. The predicted molar refractivity (Wildman–Crippen MR) is 190 cm³/mol. The molecular formula is C44H39FeNO5. The zero-order chi connectivity index (χ0) is 34.2. The number of fused-ring (bicyclic) bond motifs is 10. The fourth-order valence-corrected chi connectivity index (χ4v) is 101. The fraction of sp³-hybridized carbons (Fsp3) is 0.318. The number of rotatable bonds is 10. The van der Waals surface area contributed by atoms with Crippen molar-refractivity contribution in [1.82, 2.24) is 3.92 Å². The van der Waals surface area contributed by atoms with E-state index in [9.17, 15) is 0 Å². The molecule has 10 aliphatic rings. The zero-order valence-corrected chi connectivity index (χ0v) is 30.3. The molecule has 10 aliphatic heterocycles. The quantitative estimate of drug-likeness (QED) is 0.111. The summed E-state index contributed by atoms with van der Waals surface area (Å²) in [6.07, 6.45) is 0. The van der Waals surface area contributed by atoms with Gasteiger partial charge in [0.1, 0.15) is 0 Å². The topological polar surface area (TPSA) is 49.2 Å². The maximum atomic E-state index is 5.81. The Morgan fingerprint density at radius 1 is 0.353 bits per heavy atom. The normalized spacial score (nSPS) is 52.8. The molecule has 5 aromatic rings. The summed E-state index contributed by atoms with van der Waals surface area (Å²) in [4.78, 5) is 2.87. The van der Waals surface area contributed by atoms with Crippen LogP contribution in [0.15, 0.2) is 121 Å². The van der Waals surface area contributed by atoms with Crippen molar-refractivity contribution >= 4 is 0 Å². The van der Waals surface area contributed by atoms with Gasteiger partial charge in [0.15, 0.2) is 0 Å². The molecular weight excluding hydrogens is 678 g/mol. The minimum atomic E-state index is -5.50. The van der Waals surface area contributed by atoms with Gasteiger partial charge in [0.05, 0.1) is 0 Å². The molecule has 0 bridgehead atoms. The van der Waals surface area contributed by atoms with Crippen LogP contribution in [0.3, 0.4) is 0 Å². The van der Waals surface area contributed by atoms with Crippen molar-refractivity contribution in [3.05, 3.63) is 149 Å². The van der Waals surface area contributed by atoms with Gasteiger partial charge in [0.2, 0.25) is 0 Å². The first-order chi connectivity index (χ1) is 24.8. The Hall–Kier alpha value is -4.42. The van der Waals surface area contributed by atoms with E-state index in [1.54, 1.807) is 35.5 Å². The molecule has 0 radical (unpaired) electrons. The van der Waals surface area contributed by atoms with E-state index in [4.69, 9.17) is 23.7 Å². The van der Waals surface area contributed by atoms with Crippen molar-refractivity contribution in [1.29, 1.82) is 0 Å². The van der Waals surface area contributed by atoms with Crippen LogP contribution in [-0.4, -0.2) is 49.3 Å². The molecule has 0 amide bonds. The first kappa shape index (κ1) is 26.4.